The summed E-state index contributed by atoms with van der Waals surface area (Å²) in [6.45, 7) is 5.04. The van der Waals surface area contributed by atoms with Gasteiger partial charge in [-0.1, -0.05) is 5.21 Å². The van der Waals surface area contributed by atoms with Crippen molar-refractivity contribution >= 4 is 19.6 Å². The number of rotatable bonds is 5. The third kappa shape index (κ3) is 9.76. The first-order valence-electron chi connectivity index (χ1n) is 12.9. The van der Waals surface area contributed by atoms with Gasteiger partial charge >= 0.3 is 33.0 Å². The van der Waals surface area contributed by atoms with Gasteiger partial charge in [0, 0.05) is 43.5 Å². The number of pyridine rings is 2. The third-order valence-corrected chi connectivity index (χ3v) is 6.96. The van der Waals surface area contributed by atoms with E-state index in [2.05, 4.69) is 26.3 Å². The second-order valence-corrected chi connectivity index (χ2v) is 12.3. The van der Waals surface area contributed by atoms with Crippen LogP contribution >= 0.6 is 7.81 Å². The maximum atomic E-state index is 13.1. The van der Waals surface area contributed by atoms with Gasteiger partial charge in [0.25, 0.3) is 5.91 Å². The number of piperidine rings is 1. The van der Waals surface area contributed by atoms with E-state index in [0.717, 1.165) is 49.2 Å². The van der Waals surface area contributed by atoms with E-state index >= 15 is 0 Å². The molecule has 2 atom stereocenters. The number of likely N-dealkylation sites (tertiary alicyclic amines) is 2. The molecule has 16 heteroatoms. The topological polar surface area (TPSA) is 98.4 Å². The Balaban J connectivity index is 0.000000493. The molecular formula is C25H30F6N7O2P. The van der Waals surface area contributed by atoms with Gasteiger partial charge in [-0.3, -0.25) is 14.6 Å². The van der Waals surface area contributed by atoms with E-state index in [1.54, 1.807) is 23.3 Å². The van der Waals surface area contributed by atoms with Crippen molar-refractivity contribution in [1.82, 2.24) is 29.8 Å². The van der Waals surface area contributed by atoms with Crippen LogP contribution in [0.5, 0.6) is 0 Å². The molecule has 2 fully saturated rings. The minimum atomic E-state index is -10.7. The molecule has 0 bridgehead atoms. The van der Waals surface area contributed by atoms with E-state index < -0.39 is 7.81 Å². The van der Waals surface area contributed by atoms with Crippen LogP contribution in [-0.4, -0.2) is 67.8 Å². The quantitative estimate of drug-likeness (QED) is 0.298. The number of hydrogen-bond acceptors (Lipinski definition) is 5. The van der Waals surface area contributed by atoms with Crippen LogP contribution in [0.3, 0.4) is 0 Å². The number of hydrogen-bond donors (Lipinski definition) is 0. The van der Waals surface area contributed by atoms with Gasteiger partial charge in [0.2, 0.25) is 5.91 Å². The first-order chi connectivity index (χ1) is 19.0. The number of carbonyl (C=O) groups excluding carboxylic acids is 2. The standard InChI is InChI=1S/C25H29N7O2.F6P/c1-18-10-19(13-27-12-18)11-24(33)30-8-3-4-20(15-30)21-6-9-31(16-21)25(34)23-17-32(29-28-23)22-5-2-7-26-14-22;1-7(2,3,4,5)6/h2,5,7,10,12-14,17,20-21H,3-4,6,8-9,11,15-16H2,1H3;/q;-1/p+1. The summed E-state index contributed by atoms with van der Waals surface area (Å²) < 4.78 is 60.8. The zero-order valence-electron chi connectivity index (χ0n) is 22.1. The number of aromatic amines is 1. The van der Waals surface area contributed by atoms with Crippen molar-refractivity contribution < 1.29 is 39.8 Å². The van der Waals surface area contributed by atoms with Crippen molar-refractivity contribution in [3.63, 3.8) is 0 Å². The van der Waals surface area contributed by atoms with Gasteiger partial charge in [-0.2, -0.15) is 0 Å². The number of carbonyl (C=O) groups is 2. The summed E-state index contributed by atoms with van der Waals surface area (Å²) in [7, 11) is -10.7. The Bertz CT molecular complexity index is 1380. The van der Waals surface area contributed by atoms with Gasteiger partial charge in [0.05, 0.1) is 24.5 Å². The van der Waals surface area contributed by atoms with Gasteiger partial charge in [-0.25, -0.2) is 9.67 Å². The molecule has 2 aliphatic rings. The number of halogens is 6. The Labute approximate surface area is 231 Å². The maximum absolute atomic E-state index is 13.1. The second kappa shape index (κ2) is 11.0. The summed E-state index contributed by atoms with van der Waals surface area (Å²) in [4.78, 5) is 37.1. The average molecular weight is 606 g/mol. The van der Waals surface area contributed by atoms with Gasteiger partial charge in [0.1, 0.15) is 0 Å². The SMILES string of the molecule is Cc1c[nH+]cc(CC(=O)N2CCCC(C3CCN(C(=O)c4cn(-c5cccnc5)nn4)C3)C2)c1.F[P-](F)(F)(F)(F)F. The molecule has 0 saturated carbocycles. The number of amides is 2. The fraction of sp³-hybridized carbons (Fsp3) is 0.440. The minimum absolute atomic E-state index is 0.0860. The summed E-state index contributed by atoms with van der Waals surface area (Å²) >= 11 is 0. The number of H-pyrrole nitrogens is 1. The zero-order chi connectivity index (χ0) is 29.9. The first kappa shape index (κ1) is 30.4. The van der Waals surface area contributed by atoms with Crippen LogP contribution in [0, 0.1) is 18.8 Å². The predicted molar refractivity (Wildman–Crippen MR) is 137 cm³/mol. The molecule has 0 radical (unpaired) electrons. The summed E-state index contributed by atoms with van der Waals surface area (Å²) in [5.41, 5.74) is 3.26. The fourth-order valence-corrected chi connectivity index (χ4v) is 5.16. The molecule has 2 amide bonds. The Hall–Kier alpha value is -3.61. The van der Waals surface area contributed by atoms with E-state index in [1.807, 2.05) is 41.2 Å². The molecular weight excluding hydrogens is 575 g/mol. The van der Waals surface area contributed by atoms with Crippen LogP contribution in [0.1, 0.15) is 40.9 Å². The number of aromatic nitrogens is 5. The normalized spacial score (nSPS) is 21.0. The van der Waals surface area contributed by atoms with Gasteiger partial charge < -0.3 is 9.80 Å². The number of aryl methyl sites for hydroxylation is 1. The van der Waals surface area contributed by atoms with Crippen LogP contribution in [-0.2, 0) is 11.2 Å². The monoisotopic (exact) mass is 605 g/mol. The number of nitrogens with one attached hydrogen (secondary N) is 1. The third-order valence-electron chi connectivity index (χ3n) is 6.96. The van der Waals surface area contributed by atoms with Crippen molar-refractivity contribution in [3.8, 4) is 5.69 Å². The molecule has 2 saturated heterocycles. The van der Waals surface area contributed by atoms with Crippen molar-refractivity contribution in [2.45, 2.75) is 32.6 Å². The Morgan fingerprint density at radius 1 is 1.02 bits per heavy atom. The van der Waals surface area contributed by atoms with Gasteiger partial charge in [-0.05, 0) is 56.2 Å². The molecule has 41 heavy (non-hydrogen) atoms. The van der Waals surface area contributed by atoms with Crippen molar-refractivity contribution in [2.75, 3.05) is 26.2 Å². The molecule has 5 heterocycles. The number of nitrogens with zero attached hydrogens (tertiary/aromatic N) is 6. The molecule has 3 aromatic heterocycles. The van der Waals surface area contributed by atoms with E-state index in [4.69, 9.17) is 0 Å². The average Bonchev–Trinajstić information content (AvgIpc) is 3.58. The molecule has 2 aliphatic heterocycles. The van der Waals surface area contributed by atoms with Crippen LogP contribution in [0.4, 0.5) is 25.2 Å². The fourth-order valence-electron chi connectivity index (χ4n) is 5.16. The summed E-state index contributed by atoms with van der Waals surface area (Å²) in [6, 6.07) is 5.75. The van der Waals surface area contributed by atoms with Crippen LogP contribution in [0.2, 0.25) is 0 Å². The van der Waals surface area contributed by atoms with Gasteiger partial charge in [-0.15, -0.1) is 5.10 Å². The second-order valence-electron chi connectivity index (χ2n) is 10.4. The summed E-state index contributed by atoms with van der Waals surface area (Å²) in [5, 5.41) is 8.18. The van der Waals surface area contributed by atoms with Crippen molar-refractivity contribution in [2.24, 2.45) is 11.8 Å². The van der Waals surface area contributed by atoms with Crippen LogP contribution in [0.25, 0.3) is 5.69 Å². The zero-order valence-corrected chi connectivity index (χ0v) is 23.0. The molecule has 2 unspecified atom stereocenters. The van der Waals surface area contributed by atoms with Crippen LogP contribution in [0.15, 0.2) is 49.2 Å². The molecule has 0 spiro atoms. The Kier molecular flexibility index (Phi) is 8.14. The van der Waals surface area contributed by atoms with Crippen molar-refractivity contribution in [3.05, 3.63) is 66.0 Å². The summed E-state index contributed by atoms with van der Waals surface area (Å²) in [5.74, 6) is 0.921. The van der Waals surface area contributed by atoms with Gasteiger partial charge in [0.15, 0.2) is 18.1 Å². The molecule has 0 aliphatic carbocycles. The van der Waals surface area contributed by atoms with Crippen LogP contribution < -0.4 is 4.98 Å². The molecule has 1 N–H and O–H groups in total. The predicted octanol–water partition coefficient (Wildman–Crippen LogP) is 5.11. The Morgan fingerprint density at radius 3 is 2.41 bits per heavy atom. The van der Waals surface area contributed by atoms with E-state index in [1.165, 1.54) is 0 Å². The molecule has 224 valence electrons. The molecule has 0 aromatic carbocycles. The Morgan fingerprint density at radius 2 is 1.73 bits per heavy atom. The molecule has 3 aromatic rings. The van der Waals surface area contributed by atoms with E-state index in [-0.39, 0.29) is 11.8 Å². The summed E-state index contributed by atoms with van der Waals surface area (Å²) in [6.07, 6.45) is 12.4. The molecule has 9 nitrogen and oxygen atoms in total. The molecule has 5 rings (SSSR count). The van der Waals surface area contributed by atoms with Crippen molar-refractivity contribution in [1.29, 1.82) is 0 Å². The first-order valence-corrected chi connectivity index (χ1v) is 15.0. The van der Waals surface area contributed by atoms with E-state index in [0.29, 0.717) is 37.0 Å². The van der Waals surface area contributed by atoms with E-state index in [9.17, 15) is 34.8 Å².